The summed E-state index contributed by atoms with van der Waals surface area (Å²) in [5.74, 6) is 1.24. The second-order valence-electron chi connectivity index (χ2n) is 25.9. The highest BCUT2D eigenvalue weighted by Crippen LogP contribution is 2.28. The Morgan fingerprint density at radius 3 is 1.06 bits per heavy atom. The highest BCUT2D eigenvalue weighted by atomic mass is 16.6. The number of piperidine rings is 4. The standard InChI is InChI=1S/C47H77N7O9.C21H31N5O5/c1-2-8-39-13-22-50(23-14-39)28-19-45(57)61-32-5-3-4-6-33-62-46(58)20-29-51-24-15-40(16-25-51)9-7-10-41-17-26-52(27-18-41)30-21-47(59)63-36-35-60-34-31-53-37-42(48-49-53)38-54-43(55)11-12-44(54)56;1-2-17-5-8-24(9-6-17)10-7-21(29)31-14-13-30-12-11-25-15-18(22-23-25)16-26-19(27)3-4-20(26)28/h11-12,37,39-41H,2-10,13-36,38H2,1H3;3-4,15,17H,2,5-14,16H2,1H3. The van der Waals surface area contributed by atoms with Crippen LogP contribution < -0.4 is 0 Å². The molecule has 8 rings (SSSR count). The lowest BCUT2D eigenvalue weighted by molar-refractivity contribution is -0.146. The van der Waals surface area contributed by atoms with E-state index < -0.39 is 0 Å². The van der Waals surface area contributed by atoms with Crippen molar-refractivity contribution in [1.82, 2.24) is 59.4 Å². The molecule has 26 nitrogen and oxygen atoms in total. The van der Waals surface area contributed by atoms with Gasteiger partial charge in [0.2, 0.25) is 0 Å². The minimum absolute atomic E-state index is 0.0802. The van der Waals surface area contributed by atoms with Crippen molar-refractivity contribution in [2.45, 2.75) is 181 Å². The number of ether oxygens (including phenoxy) is 6. The van der Waals surface area contributed by atoms with Gasteiger partial charge < -0.3 is 48.0 Å². The lowest BCUT2D eigenvalue weighted by Gasteiger charge is -2.33. The van der Waals surface area contributed by atoms with Crippen LogP contribution in [-0.2, 0) is 93.0 Å². The Hall–Kier alpha value is -6.32. The molecule has 4 fully saturated rings. The lowest BCUT2D eigenvalue weighted by atomic mass is 9.87. The number of likely N-dealkylation sites (tertiary alicyclic amines) is 4. The molecule has 0 saturated carbocycles. The number of esters is 4. The monoisotopic (exact) mass is 1320 g/mol. The number of hydrogen-bond donors (Lipinski definition) is 0. The number of aromatic nitrogens is 6. The maximum Gasteiger partial charge on any atom is 0.307 e. The van der Waals surface area contributed by atoms with Crippen LogP contribution in [0.4, 0.5) is 0 Å². The molecule has 0 spiro atoms. The Morgan fingerprint density at radius 2 is 0.723 bits per heavy atom. The van der Waals surface area contributed by atoms with Gasteiger partial charge in [-0.2, -0.15) is 0 Å². The molecule has 0 N–H and O–H groups in total. The van der Waals surface area contributed by atoms with Crippen LogP contribution in [0.2, 0.25) is 0 Å². The first kappa shape index (κ1) is 75.1. The first-order valence-corrected chi connectivity index (χ1v) is 35.3. The Kier molecular flexibility index (Phi) is 34.3. The van der Waals surface area contributed by atoms with E-state index in [9.17, 15) is 38.4 Å². The van der Waals surface area contributed by atoms with E-state index in [1.54, 1.807) is 21.8 Å². The summed E-state index contributed by atoms with van der Waals surface area (Å²) in [5, 5.41) is 15.9. The Bertz CT molecular complexity index is 2640. The van der Waals surface area contributed by atoms with Crippen molar-refractivity contribution in [3.63, 3.8) is 0 Å². The molecule has 2 aromatic rings. The Morgan fingerprint density at radius 1 is 0.394 bits per heavy atom. The molecule has 26 heteroatoms. The molecule has 6 aliphatic heterocycles. The topological polar surface area (TPSA) is 273 Å². The van der Waals surface area contributed by atoms with Crippen LogP contribution in [0.1, 0.15) is 166 Å². The summed E-state index contributed by atoms with van der Waals surface area (Å²) >= 11 is 0. The van der Waals surface area contributed by atoms with E-state index in [-0.39, 0.29) is 73.8 Å². The number of rotatable bonds is 42. The largest absolute Gasteiger partial charge is 0.466 e. The smallest absolute Gasteiger partial charge is 0.307 e. The fraction of sp³-hybridized carbons (Fsp3) is 0.765. The summed E-state index contributed by atoms with van der Waals surface area (Å²) in [4.78, 5) is 107. The van der Waals surface area contributed by atoms with E-state index in [1.807, 2.05) is 0 Å². The predicted octanol–water partition coefficient (Wildman–Crippen LogP) is 5.96. The molecule has 0 radical (unpaired) electrons. The third kappa shape index (κ3) is 28.9. The van der Waals surface area contributed by atoms with Crippen LogP contribution in [-0.4, -0.2) is 238 Å². The van der Waals surface area contributed by atoms with E-state index >= 15 is 0 Å². The quantitative estimate of drug-likeness (QED) is 0.0321. The van der Waals surface area contributed by atoms with Crippen LogP contribution in [0.3, 0.4) is 0 Å². The van der Waals surface area contributed by atoms with Crippen molar-refractivity contribution >= 4 is 47.5 Å². The van der Waals surface area contributed by atoms with Crippen molar-refractivity contribution in [3.8, 4) is 0 Å². The number of carbonyl (C=O) groups excluding carboxylic acids is 8. The van der Waals surface area contributed by atoms with Gasteiger partial charge in [-0.15, -0.1) is 10.2 Å². The SMILES string of the molecule is CCC1CCN(CCC(=O)OCCOCCn2cc(CN3C(=O)C=CC3=O)nn2)CC1.CCCC1CCN(CCC(=O)OCCCCCCOC(=O)CCN2CCC(CCCC3CCN(CCC(=O)OCCOCCn4cc(CN5C(=O)C=CC5=O)nn4)CC3)CC2)CC1. The van der Waals surface area contributed by atoms with E-state index in [4.69, 9.17) is 28.4 Å². The molecule has 0 bridgehead atoms. The molecule has 2 aromatic heterocycles. The fourth-order valence-corrected chi connectivity index (χ4v) is 12.9. The van der Waals surface area contributed by atoms with Crippen LogP contribution in [0.15, 0.2) is 36.7 Å². The van der Waals surface area contributed by atoms with Crippen LogP contribution in [0.25, 0.3) is 0 Å². The maximum atomic E-state index is 12.4. The summed E-state index contributed by atoms with van der Waals surface area (Å²) in [6, 6.07) is 0. The number of amides is 4. The first-order valence-electron chi connectivity index (χ1n) is 35.3. The van der Waals surface area contributed by atoms with Crippen LogP contribution in [0.5, 0.6) is 0 Å². The first-order chi connectivity index (χ1) is 45.8. The van der Waals surface area contributed by atoms with Crippen LogP contribution in [0, 0.1) is 23.7 Å². The highest BCUT2D eigenvalue weighted by molar-refractivity contribution is 6.13. The molecule has 524 valence electrons. The molecule has 8 heterocycles. The third-order valence-corrected chi connectivity index (χ3v) is 18.9. The average Bonchev–Trinajstić information content (AvgIpc) is 1.82. The Labute approximate surface area is 556 Å². The fourth-order valence-electron chi connectivity index (χ4n) is 12.9. The van der Waals surface area contributed by atoms with Gasteiger partial charge in [-0.1, -0.05) is 62.8 Å². The van der Waals surface area contributed by atoms with Gasteiger partial charge in [-0.25, -0.2) is 9.36 Å². The second kappa shape index (κ2) is 43.0. The van der Waals surface area contributed by atoms with Gasteiger partial charge in [0.1, 0.15) is 24.6 Å². The van der Waals surface area contributed by atoms with Crippen molar-refractivity contribution in [1.29, 1.82) is 0 Å². The van der Waals surface area contributed by atoms with E-state index in [2.05, 4.69) is 54.1 Å². The zero-order valence-corrected chi connectivity index (χ0v) is 56.4. The molecule has 0 unspecified atom stereocenters. The van der Waals surface area contributed by atoms with Crippen molar-refractivity contribution in [2.24, 2.45) is 23.7 Å². The van der Waals surface area contributed by atoms with Gasteiger partial charge in [0.15, 0.2) is 0 Å². The predicted molar refractivity (Wildman–Crippen MR) is 348 cm³/mol. The van der Waals surface area contributed by atoms with Crippen molar-refractivity contribution in [2.75, 3.05) is 131 Å². The molecule has 4 amide bonds. The highest BCUT2D eigenvalue weighted by Gasteiger charge is 2.28. The van der Waals surface area contributed by atoms with E-state index in [1.165, 1.54) is 114 Å². The van der Waals surface area contributed by atoms with Gasteiger partial charge in [0, 0.05) is 50.5 Å². The van der Waals surface area contributed by atoms with E-state index in [0.29, 0.717) is 89.8 Å². The number of unbranched alkanes of at least 4 members (excludes halogenated alkanes) is 3. The average molecular weight is 1320 g/mol. The number of nitrogens with zero attached hydrogens (tertiary/aromatic N) is 12. The molecule has 0 atom stereocenters. The lowest BCUT2D eigenvalue weighted by Crippen LogP contribution is -2.36. The van der Waals surface area contributed by atoms with Crippen LogP contribution >= 0.6 is 0 Å². The zero-order valence-electron chi connectivity index (χ0n) is 56.4. The minimum Gasteiger partial charge on any atom is -0.466 e. The molecule has 0 aliphatic carbocycles. The summed E-state index contributed by atoms with van der Waals surface area (Å²) in [6.07, 6.45) is 31.1. The summed E-state index contributed by atoms with van der Waals surface area (Å²) in [5.41, 5.74) is 1.04. The Balaban J connectivity index is 0.000000336. The molecular formula is C68H108N12O14. The molecule has 6 aliphatic rings. The summed E-state index contributed by atoms with van der Waals surface area (Å²) < 4.78 is 35.8. The normalized spacial score (nSPS) is 18.4. The van der Waals surface area contributed by atoms with Crippen molar-refractivity contribution < 1.29 is 66.8 Å². The number of hydrogen-bond acceptors (Lipinski definition) is 22. The molecular weight excluding hydrogens is 1210 g/mol. The molecule has 94 heavy (non-hydrogen) atoms. The maximum absolute atomic E-state index is 12.4. The van der Waals surface area contributed by atoms with Gasteiger partial charge in [0.25, 0.3) is 23.6 Å². The molecule has 4 saturated heterocycles. The number of imide groups is 2. The van der Waals surface area contributed by atoms with Gasteiger partial charge >= 0.3 is 23.9 Å². The molecule has 0 aromatic carbocycles. The van der Waals surface area contributed by atoms with Gasteiger partial charge in [-0.3, -0.25) is 48.2 Å². The summed E-state index contributed by atoms with van der Waals surface area (Å²) in [7, 11) is 0. The number of carbonyl (C=O) groups is 8. The van der Waals surface area contributed by atoms with Gasteiger partial charge in [-0.05, 0) is 153 Å². The minimum atomic E-state index is -0.357. The van der Waals surface area contributed by atoms with Gasteiger partial charge in [0.05, 0.1) is 104 Å². The third-order valence-electron chi connectivity index (χ3n) is 18.9. The summed E-state index contributed by atoms with van der Waals surface area (Å²) in [6.45, 7) is 19.9. The zero-order chi connectivity index (χ0) is 66.5. The second-order valence-corrected chi connectivity index (χ2v) is 25.9. The van der Waals surface area contributed by atoms with Crippen molar-refractivity contribution in [3.05, 3.63) is 48.1 Å². The van der Waals surface area contributed by atoms with E-state index in [0.717, 1.165) is 138 Å².